The summed E-state index contributed by atoms with van der Waals surface area (Å²) in [7, 11) is 0. The van der Waals surface area contributed by atoms with Gasteiger partial charge in [0.25, 0.3) is 11.8 Å². The van der Waals surface area contributed by atoms with Crippen molar-refractivity contribution in [2.75, 3.05) is 6.54 Å². The molecule has 0 unspecified atom stereocenters. The number of hydrogen-bond donors (Lipinski definition) is 1. The fraction of sp³-hybridized carbons (Fsp3) is 0.235. The minimum Gasteiger partial charge on any atom is -0.267 e. The number of aromatic nitrogens is 1. The van der Waals surface area contributed by atoms with Crippen LogP contribution in [0.2, 0.25) is 0 Å². The van der Waals surface area contributed by atoms with Gasteiger partial charge in [-0.2, -0.15) is 0 Å². The van der Waals surface area contributed by atoms with Crippen molar-refractivity contribution < 1.29 is 9.59 Å². The molecule has 1 aromatic heterocycles. The number of hydrogen-bond acceptors (Lipinski definition) is 4. The molecule has 0 aliphatic rings. The van der Waals surface area contributed by atoms with Crippen molar-refractivity contribution in [3.8, 4) is 0 Å². The predicted molar refractivity (Wildman–Crippen MR) is 84.1 cm³/mol. The van der Waals surface area contributed by atoms with E-state index in [2.05, 4.69) is 17.3 Å². The van der Waals surface area contributed by atoms with Gasteiger partial charge in [-0.05, 0) is 30.7 Å². The Morgan fingerprint density at radius 2 is 1.59 bits per heavy atom. The zero-order chi connectivity index (χ0) is 15.8. The number of nitrogens with zero attached hydrogens (tertiary/aromatic N) is 2. The predicted octanol–water partition coefficient (Wildman–Crippen LogP) is 2.67. The molecular weight excluding hydrogens is 278 g/mol. The largest absolute Gasteiger partial charge is 0.275 e. The Labute approximate surface area is 130 Å². The second-order valence-electron chi connectivity index (χ2n) is 4.81. The lowest BCUT2D eigenvalue weighted by atomic mass is 10.2. The molecule has 1 N–H and O–H groups in total. The number of pyridine rings is 1. The Balaban J connectivity index is 2.22. The number of nitrogens with one attached hydrogen (secondary N) is 1. The lowest BCUT2D eigenvalue weighted by Crippen LogP contribution is -2.47. The van der Waals surface area contributed by atoms with Crippen LogP contribution in [0.5, 0.6) is 0 Å². The smallest absolute Gasteiger partial charge is 0.267 e. The van der Waals surface area contributed by atoms with Crippen LogP contribution in [0.1, 0.15) is 40.5 Å². The average Bonchev–Trinajstić information content (AvgIpc) is 2.59. The van der Waals surface area contributed by atoms with Gasteiger partial charge in [0.15, 0.2) is 0 Å². The number of carbonyl (C=O) groups is 2. The maximum Gasteiger partial charge on any atom is 0.275 e. The molecule has 0 aliphatic carbocycles. The third-order valence-electron chi connectivity index (χ3n) is 3.15. The lowest BCUT2D eigenvalue weighted by Gasteiger charge is -2.21. The molecule has 114 valence electrons. The Morgan fingerprint density at radius 1 is 1.00 bits per heavy atom. The monoisotopic (exact) mass is 297 g/mol. The first-order chi connectivity index (χ1) is 10.7. The van der Waals surface area contributed by atoms with Gasteiger partial charge in [0.1, 0.15) is 0 Å². The third-order valence-corrected chi connectivity index (χ3v) is 3.15. The molecule has 0 fully saturated rings. The van der Waals surface area contributed by atoms with Gasteiger partial charge < -0.3 is 0 Å². The van der Waals surface area contributed by atoms with E-state index >= 15 is 0 Å². The molecule has 1 heterocycles. The normalized spacial score (nSPS) is 10.2. The number of carbonyl (C=O) groups excluding carboxylic acids is 2. The van der Waals surface area contributed by atoms with Crippen LogP contribution in [0.15, 0.2) is 54.9 Å². The maximum absolute atomic E-state index is 12.6. The van der Waals surface area contributed by atoms with Crippen molar-refractivity contribution in [3.63, 3.8) is 0 Å². The van der Waals surface area contributed by atoms with E-state index in [1.165, 1.54) is 12.4 Å². The third kappa shape index (κ3) is 3.99. The van der Waals surface area contributed by atoms with E-state index in [1.807, 2.05) is 6.07 Å². The molecule has 2 rings (SSSR count). The summed E-state index contributed by atoms with van der Waals surface area (Å²) in [5.74, 6) is -0.745. The molecule has 0 bridgehead atoms. The second kappa shape index (κ2) is 8.05. The molecule has 5 heteroatoms. The first-order valence-electron chi connectivity index (χ1n) is 7.31. The topological polar surface area (TPSA) is 62.3 Å². The van der Waals surface area contributed by atoms with Crippen LogP contribution >= 0.6 is 0 Å². The van der Waals surface area contributed by atoms with Crippen molar-refractivity contribution >= 4 is 11.8 Å². The van der Waals surface area contributed by atoms with Gasteiger partial charge in [0.05, 0.1) is 0 Å². The summed E-state index contributed by atoms with van der Waals surface area (Å²) >= 11 is 0. The Bertz CT molecular complexity index is 563. The minimum absolute atomic E-state index is 0.362. The van der Waals surface area contributed by atoms with Crippen LogP contribution in [0, 0.1) is 0 Å². The van der Waals surface area contributed by atoms with Gasteiger partial charge >= 0.3 is 0 Å². The van der Waals surface area contributed by atoms with Gasteiger partial charge in [-0.3, -0.25) is 14.6 Å². The van der Waals surface area contributed by atoms with E-state index in [0.717, 1.165) is 17.9 Å². The number of benzene rings is 1. The van der Waals surface area contributed by atoms with Crippen molar-refractivity contribution in [2.45, 2.75) is 19.8 Å². The van der Waals surface area contributed by atoms with E-state index in [0.29, 0.717) is 17.7 Å². The highest BCUT2D eigenvalue weighted by Gasteiger charge is 2.23. The Hall–Kier alpha value is -2.53. The summed E-state index contributed by atoms with van der Waals surface area (Å²) < 4.78 is 0. The molecule has 0 aliphatic heterocycles. The van der Waals surface area contributed by atoms with Gasteiger partial charge in [0.2, 0.25) is 0 Å². The summed E-state index contributed by atoms with van der Waals surface area (Å²) in [4.78, 5) is 29.0. The Kier molecular flexibility index (Phi) is 5.80. The van der Waals surface area contributed by atoms with E-state index in [4.69, 9.17) is 0 Å². The lowest BCUT2D eigenvalue weighted by molar-refractivity contribution is 0.0526. The molecule has 0 saturated carbocycles. The highest BCUT2D eigenvalue weighted by Crippen LogP contribution is 2.08. The van der Waals surface area contributed by atoms with E-state index in [9.17, 15) is 9.59 Å². The maximum atomic E-state index is 12.6. The van der Waals surface area contributed by atoms with Crippen molar-refractivity contribution in [1.82, 2.24) is 15.4 Å². The summed E-state index contributed by atoms with van der Waals surface area (Å²) in [6.07, 6.45) is 4.92. The van der Waals surface area contributed by atoms with Crippen LogP contribution in [0.3, 0.4) is 0 Å². The number of hydrazine groups is 1. The molecule has 0 spiro atoms. The fourth-order valence-electron chi connectivity index (χ4n) is 1.94. The molecule has 22 heavy (non-hydrogen) atoms. The highest BCUT2D eigenvalue weighted by atomic mass is 16.2. The standard InChI is InChI=1S/C17H19N3O2/c1-2-3-11-19-20(16(21)14-7-5-4-6-8-14)17(22)15-9-12-18-13-10-15/h4-10,12-13,19H,2-3,11H2,1H3. The van der Waals surface area contributed by atoms with Gasteiger partial charge in [-0.1, -0.05) is 31.5 Å². The van der Waals surface area contributed by atoms with Crippen LogP contribution < -0.4 is 5.43 Å². The van der Waals surface area contributed by atoms with Crippen molar-refractivity contribution in [1.29, 1.82) is 0 Å². The number of rotatable bonds is 6. The average molecular weight is 297 g/mol. The van der Waals surface area contributed by atoms with Crippen molar-refractivity contribution in [2.24, 2.45) is 0 Å². The molecule has 0 radical (unpaired) electrons. The summed E-state index contributed by atoms with van der Waals surface area (Å²) in [6.45, 7) is 2.61. The minimum atomic E-state index is -0.382. The number of unbranched alkanes of at least 4 members (excludes halogenated alkanes) is 1. The zero-order valence-electron chi connectivity index (χ0n) is 12.5. The summed E-state index contributed by atoms with van der Waals surface area (Å²) in [5.41, 5.74) is 3.82. The molecule has 0 saturated heterocycles. The van der Waals surface area contributed by atoms with Crippen LogP contribution in [-0.2, 0) is 0 Å². The zero-order valence-corrected chi connectivity index (χ0v) is 12.5. The Morgan fingerprint density at radius 3 is 2.18 bits per heavy atom. The fourth-order valence-corrected chi connectivity index (χ4v) is 1.94. The SMILES string of the molecule is CCCCNN(C(=O)c1ccccc1)C(=O)c1ccncc1. The second-order valence-corrected chi connectivity index (χ2v) is 4.81. The van der Waals surface area contributed by atoms with E-state index < -0.39 is 0 Å². The summed E-state index contributed by atoms with van der Waals surface area (Å²) in [6, 6.07) is 11.9. The molecule has 5 nitrogen and oxygen atoms in total. The number of imide groups is 1. The molecule has 2 amide bonds. The van der Waals surface area contributed by atoms with Gasteiger partial charge in [0, 0.05) is 30.1 Å². The van der Waals surface area contributed by atoms with Gasteiger partial charge in [-0.25, -0.2) is 10.4 Å². The quantitative estimate of drug-likeness (QED) is 0.506. The van der Waals surface area contributed by atoms with Crippen LogP contribution in [0.4, 0.5) is 0 Å². The van der Waals surface area contributed by atoms with Gasteiger partial charge in [-0.15, -0.1) is 0 Å². The summed E-state index contributed by atoms with van der Waals surface area (Å²) in [5, 5.41) is 1.08. The molecule has 0 atom stereocenters. The first-order valence-corrected chi connectivity index (χ1v) is 7.31. The first kappa shape index (κ1) is 15.9. The molecule has 2 aromatic rings. The molecular formula is C17H19N3O2. The van der Waals surface area contributed by atoms with E-state index in [1.54, 1.807) is 36.4 Å². The van der Waals surface area contributed by atoms with Crippen molar-refractivity contribution in [3.05, 3.63) is 66.0 Å². The highest BCUT2D eigenvalue weighted by molar-refractivity contribution is 6.09. The van der Waals surface area contributed by atoms with Crippen LogP contribution in [0.25, 0.3) is 0 Å². The van der Waals surface area contributed by atoms with E-state index in [-0.39, 0.29) is 11.8 Å². The number of amides is 2. The van der Waals surface area contributed by atoms with Crippen LogP contribution in [-0.4, -0.2) is 28.4 Å². The molecule has 1 aromatic carbocycles.